The highest BCUT2D eigenvalue weighted by Crippen LogP contribution is 2.64. The van der Waals surface area contributed by atoms with Crippen LogP contribution in [0, 0.1) is 17.3 Å². The van der Waals surface area contributed by atoms with Crippen LogP contribution in [0.2, 0.25) is 0 Å². The Labute approximate surface area is 158 Å². The standard InChI is InChI=1S/C18H23ClN2O4S/c1-25-14-3-2-13(5-15(14)26(20,23)24)21-16(22)17-6-11-4-12(7-17)9-18(19,8-11)10-17/h2-3,5,11-12H,4,6-10H2,1H3,(H,21,22)(H2,20,23,24)/t11-,12-,17?,18?/m1/s1. The van der Waals surface area contributed by atoms with Crippen molar-refractivity contribution in [1.82, 2.24) is 0 Å². The number of methoxy groups -OCH3 is 1. The number of sulfonamides is 1. The first-order valence-electron chi connectivity index (χ1n) is 8.84. The van der Waals surface area contributed by atoms with Crippen molar-refractivity contribution in [2.45, 2.75) is 48.3 Å². The summed E-state index contributed by atoms with van der Waals surface area (Å²) in [6.45, 7) is 0. The number of primary sulfonamides is 1. The van der Waals surface area contributed by atoms with Gasteiger partial charge in [-0.1, -0.05) is 0 Å². The van der Waals surface area contributed by atoms with E-state index in [0.29, 0.717) is 23.9 Å². The maximum atomic E-state index is 13.1. The molecule has 0 aromatic heterocycles. The van der Waals surface area contributed by atoms with E-state index >= 15 is 0 Å². The Balaban J connectivity index is 1.61. The van der Waals surface area contributed by atoms with Crippen LogP contribution in [0.1, 0.15) is 38.5 Å². The number of halogens is 1. The van der Waals surface area contributed by atoms with Gasteiger partial charge < -0.3 is 10.1 Å². The predicted octanol–water partition coefficient (Wildman–Crippen LogP) is 2.86. The van der Waals surface area contributed by atoms with E-state index in [1.165, 1.54) is 25.7 Å². The van der Waals surface area contributed by atoms with E-state index < -0.39 is 15.4 Å². The number of amides is 1. The molecule has 1 aromatic rings. The Morgan fingerprint density at radius 2 is 1.92 bits per heavy atom. The summed E-state index contributed by atoms with van der Waals surface area (Å²) < 4.78 is 28.6. The minimum atomic E-state index is -3.96. The molecule has 0 unspecified atom stereocenters. The molecule has 26 heavy (non-hydrogen) atoms. The van der Waals surface area contributed by atoms with Crippen LogP contribution in [-0.2, 0) is 14.8 Å². The van der Waals surface area contributed by atoms with Gasteiger partial charge in [0.05, 0.1) is 12.5 Å². The summed E-state index contributed by atoms with van der Waals surface area (Å²) in [5.74, 6) is 1.10. The number of nitrogens with one attached hydrogen (secondary N) is 1. The Hall–Kier alpha value is -1.31. The molecule has 1 aromatic carbocycles. The Morgan fingerprint density at radius 1 is 1.27 bits per heavy atom. The molecular weight excluding hydrogens is 376 g/mol. The van der Waals surface area contributed by atoms with Crippen LogP contribution >= 0.6 is 11.6 Å². The first kappa shape index (κ1) is 18.1. The number of benzene rings is 1. The summed E-state index contributed by atoms with van der Waals surface area (Å²) in [5, 5.41) is 8.17. The highest BCUT2D eigenvalue weighted by atomic mass is 35.5. The van der Waals surface area contributed by atoms with Crippen LogP contribution in [0.15, 0.2) is 23.1 Å². The summed E-state index contributed by atoms with van der Waals surface area (Å²) in [6.07, 6.45) is 5.58. The molecule has 5 rings (SSSR count). The van der Waals surface area contributed by atoms with Crippen molar-refractivity contribution in [2.24, 2.45) is 22.4 Å². The van der Waals surface area contributed by atoms with Gasteiger partial charge in [0.25, 0.3) is 0 Å². The summed E-state index contributed by atoms with van der Waals surface area (Å²) in [5.41, 5.74) is -0.0488. The van der Waals surface area contributed by atoms with Gasteiger partial charge in [0.15, 0.2) is 0 Å². The number of hydrogen-bond donors (Lipinski definition) is 2. The molecule has 0 radical (unpaired) electrons. The lowest BCUT2D eigenvalue weighted by molar-refractivity contribution is -0.138. The van der Waals surface area contributed by atoms with Crippen molar-refractivity contribution in [3.63, 3.8) is 0 Å². The maximum absolute atomic E-state index is 13.1. The molecule has 4 aliphatic rings. The fraction of sp³-hybridized carbons (Fsp3) is 0.611. The lowest BCUT2D eigenvalue weighted by Gasteiger charge is -2.59. The molecule has 8 heteroatoms. The van der Waals surface area contributed by atoms with Gasteiger partial charge in [0.1, 0.15) is 10.6 Å². The average Bonchev–Trinajstić information content (AvgIpc) is 2.51. The minimum Gasteiger partial charge on any atom is -0.495 e. The minimum absolute atomic E-state index is 0.0674. The van der Waals surface area contributed by atoms with Gasteiger partial charge in [-0.05, 0) is 68.6 Å². The number of carbonyl (C=O) groups excluding carboxylic acids is 1. The highest BCUT2D eigenvalue weighted by molar-refractivity contribution is 7.89. The Bertz CT molecular complexity index is 856. The van der Waals surface area contributed by atoms with Crippen LogP contribution in [0.25, 0.3) is 0 Å². The van der Waals surface area contributed by atoms with Gasteiger partial charge >= 0.3 is 0 Å². The molecule has 0 heterocycles. The molecule has 4 bridgehead atoms. The summed E-state index contributed by atoms with van der Waals surface area (Å²) >= 11 is 6.80. The van der Waals surface area contributed by atoms with Crippen LogP contribution in [0.5, 0.6) is 5.75 Å². The van der Waals surface area contributed by atoms with Crippen LogP contribution in [0.4, 0.5) is 5.69 Å². The number of carbonyl (C=O) groups is 1. The van der Waals surface area contributed by atoms with Gasteiger partial charge in [0.2, 0.25) is 15.9 Å². The second-order valence-corrected chi connectivity index (χ2v) is 10.6. The van der Waals surface area contributed by atoms with Crippen molar-refractivity contribution >= 4 is 33.2 Å². The molecule has 0 saturated heterocycles. The molecule has 142 valence electrons. The molecule has 0 aliphatic heterocycles. The van der Waals surface area contributed by atoms with Gasteiger partial charge in [-0.25, -0.2) is 13.6 Å². The van der Waals surface area contributed by atoms with Crippen molar-refractivity contribution in [2.75, 3.05) is 12.4 Å². The first-order chi connectivity index (χ1) is 12.1. The van der Waals surface area contributed by atoms with E-state index in [9.17, 15) is 13.2 Å². The lowest BCUT2D eigenvalue weighted by Crippen LogP contribution is -2.57. The molecule has 4 saturated carbocycles. The smallest absolute Gasteiger partial charge is 0.241 e. The molecule has 4 fully saturated rings. The van der Waals surface area contributed by atoms with E-state index in [1.807, 2.05) is 0 Å². The average molecular weight is 399 g/mol. The zero-order chi connectivity index (χ0) is 18.7. The van der Waals surface area contributed by atoms with Crippen molar-refractivity contribution in [3.8, 4) is 5.75 Å². The summed E-state index contributed by atoms with van der Waals surface area (Å²) in [7, 11) is -2.58. The molecule has 0 spiro atoms. The van der Waals surface area contributed by atoms with Crippen molar-refractivity contribution < 1.29 is 17.9 Å². The molecular formula is C18H23ClN2O4S. The second-order valence-electron chi connectivity index (χ2n) is 8.26. The summed E-state index contributed by atoms with van der Waals surface area (Å²) in [4.78, 5) is 12.7. The van der Waals surface area contributed by atoms with E-state index in [4.69, 9.17) is 21.5 Å². The maximum Gasteiger partial charge on any atom is 0.241 e. The predicted molar refractivity (Wildman–Crippen MR) is 98.7 cm³/mol. The number of anilines is 1. The first-order valence-corrected chi connectivity index (χ1v) is 10.8. The molecule has 6 nitrogen and oxygen atoms in total. The van der Waals surface area contributed by atoms with E-state index in [0.717, 1.165) is 25.7 Å². The summed E-state index contributed by atoms with van der Waals surface area (Å²) in [6, 6.07) is 4.48. The molecule has 2 atom stereocenters. The van der Waals surface area contributed by atoms with Crippen LogP contribution in [0.3, 0.4) is 0 Å². The van der Waals surface area contributed by atoms with E-state index in [-0.39, 0.29) is 21.4 Å². The largest absolute Gasteiger partial charge is 0.495 e. The number of ether oxygens (including phenoxy) is 1. The van der Waals surface area contributed by atoms with Crippen molar-refractivity contribution in [1.29, 1.82) is 0 Å². The molecule has 4 aliphatic carbocycles. The normalized spacial score (nSPS) is 35.3. The Kier molecular flexibility index (Phi) is 4.06. The molecule has 1 amide bonds. The Morgan fingerprint density at radius 3 is 2.46 bits per heavy atom. The van der Waals surface area contributed by atoms with Gasteiger partial charge in [-0.3, -0.25) is 4.79 Å². The van der Waals surface area contributed by atoms with Crippen molar-refractivity contribution in [3.05, 3.63) is 18.2 Å². The third kappa shape index (κ3) is 3.00. The highest BCUT2D eigenvalue weighted by Gasteiger charge is 2.60. The quantitative estimate of drug-likeness (QED) is 0.762. The van der Waals surface area contributed by atoms with Crippen LogP contribution < -0.4 is 15.2 Å². The number of nitrogens with two attached hydrogens (primary N) is 1. The fourth-order valence-electron chi connectivity index (χ4n) is 5.66. The van der Waals surface area contributed by atoms with Crippen LogP contribution in [-0.4, -0.2) is 26.3 Å². The SMILES string of the molecule is COc1ccc(NC(=O)C23C[C@H]4C[C@@H](CC(Cl)(C4)C2)C3)cc1S(N)(=O)=O. The number of alkyl halides is 1. The van der Waals surface area contributed by atoms with E-state index in [2.05, 4.69) is 5.32 Å². The van der Waals surface area contributed by atoms with Gasteiger partial charge in [-0.2, -0.15) is 0 Å². The van der Waals surface area contributed by atoms with E-state index in [1.54, 1.807) is 6.07 Å². The topological polar surface area (TPSA) is 98.5 Å². The monoisotopic (exact) mass is 398 g/mol. The fourth-order valence-corrected chi connectivity index (χ4v) is 7.07. The molecule has 3 N–H and O–H groups in total. The third-order valence-corrected chi connectivity index (χ3v) is 7.57. The zero-order valence-electron chi connectivity index (χ0n) is 14.6. The number of hydrogen-bond acceptors (Lipinski definition) is 4. The van der Waals surface area contributed by atoms with Gasteiger partial charge in [0, 0.05) is 10.6 Å². The second kappa shape index (κ2) is 5.84. The van der Waals surface area contributed by atoms with Gasteiger partial charge in [-0.15, -0.1) is 11.6 Å². The third-order valence-electron chi connectivity index (χ3n) is 6.20. The number of rotatable bonds is 4. The zero-order valence-corrected chi connectivity index (χ0v) is 16.2. The lowest BCUT2D eigenvalue weighted by atomic mass is 9.49.